The van der Waals surface area contributed by atoms with Crippen molar-refractivity contribution in [1.29, 1.82) is 0 Å². The van der Waals surface area contributed by atoms with Crippen molar-refractivity contribution in [1.82, 2.24) is 19.1 Å². The van der Waals surface area contributed by atoms with Gasteiger partial charge in [0.25, 0.3) is 0 Å². The summed E-state index contributed by atoms with van der Waals surface area (Å²) in [5.74, 6) is 0.787. The van der Waals surface area contributed by atoms with E-state index >= 15 is 0 Å². The average molecular weight is 172 g/mol. The number of imidazole rings is 2. The smallest absolute Gasteiger partial charge is 0.167 e. The average Bonchev–Trinajstić information content (AvgIpc) is 2.76. The second-order valence-electron chi connectivity index (χ2n) is 2.44. The highest BCUT2D eigenvalue weighted by Gasteiger charge is 1.99. The summed E-state index contributed by atoms with van der Waals surface area (Å²) in [5.41, 5.74) is 2.82. The van der Waals surface area contributed by atoms with Gasteiger partial charge >= 0.3 is 0 Å². The zero-order chi connectivity index (χ0) is 9.10. The summed E-state index contributed by atoms with van der Waals surface area (Å²) < 4.78 is 3.63. The molecular weight excluding hydrogens is 164 g/mol. The number of hydrogen-bond acceptors (Lipinski definition) is 2. The number of hydrogen-bond donors (Lipinski definition) is 0. The van der Waals surface area contributed by atoms with Crippen molar-refractivity contribution < 1.29 is 0 Å². The van der Waals surface area contributed by atoms with E-state index in [4.69, 9.17) is 0 Å². The molecule has 2 aromatic rings. The topological polar surface area (TPSA) is 35.6 Å². The van der Waals surface area contributed by atoms with Crippen molar-refractivity contribution in [3.8, 4) is 0 Å². The van der Waals surface area contributed by atoms with Crippen molar-refractivity contribution in [3.05, 3.63) is 55.6 Å². The van der Waals surface area contributed by atoms with Gasteiger partial charge in [0.05, 0.1) is 0 Å². The van der Waals surface area contributed by atoms with Crippen LogP contribution in [0.3, 0.4) is 0 Å². The first kappa shape index (κ1) is 7.58. The Morgan fingerprint density at radius 2 is 1.62 bits per heavy atom. The van der Waals surface area contributed by atoms with Crippen LogP contribution in [0.4, 0.5) is 0 Å². The molecule has 13 heavy (non-hydrogen) atoms. The summed E-state index contributed by atoms with van der Waals surface area (Å²) in [6.07, 6.45) is 10.4. The molecule has 0 N–H and O–H groups in total. The molecule has 0 bridgehead atoms. The van der Waals surface area contributed by atoms with Crippen LogP contribution in [0.15, 0.2) is 49.8 Å². The summed E-state index contributed by atoms with van der Waals surface area (Å²) in [6.45, 7) is 3.61. The Hall–Kier alpha value is -2.06. The molecule has 4 heteroatoms. The van der Waals surface area contributed by atoms with Crippen LogP contribution >= 0.6 is 0 Å². The van der Waals surface area contributed by atoms with Crippen LogP contribution in [0.5, 0.6) is 0 Å². The molecule has 4 nitrogen and oxygen atoms in total. The Labute approximate surface area is 75.5 Å². The lowest BCUT2D eigenvalue weighted by atomic mass is 10.6. The van der Waals surface area contributed by atoms with Gasteiger partial charge in [-0.15, -0.1) is 0 Å². The molecule has 0 spiro atoms. The van der Waals surface area contributed by atoms with Gasteiger partial charge in [0.2, 0.25) is 0 Å². The van der Waals surface area contributed by atoms with E-state index in [1.807, 2.05) is 21.5 Å². The molecule has 0 saturated carbocycles. The van der Waals surface area contributed by atoms with Crippen LogP contribution in [0, 0.1) is 5.82 Å². The van der Waals surface area contributed by atoms with E-state index in [1.54, 1.807) is 25.0 Å². The maximum Gasteiger partial charge on any atom is 0.167 e. The lowest BCUT2D eigenvalue weighted by Crippen LogP contribution is -2.06. The van der Waals surface area contributed by atoms with Crippen molar-refractivity contribution >= 4 is 0 Å². The minimum Gasteiger partial charge on any atom is -0.285 e. The molecule has 0 amide bonds. The van der Waals surface area contributed by atoms with Gasteiger partial charge < -0.3 is 0 Å². The molecule has 64 valence electrons. The van der Waals surface area contributed by atoms with Gasteiger partial charge in [-0.1, -0.05) is 12.3 Å². The Kier molecular flexibility index (Phi) is 1.82. The van der Waals surface area contributed by atoms with Crippen molar-refractivity contribution in [2.45, 2.75) is 0 Å². The second kappa shape index (κ2) is 3.13. The third kappa shape index (κ3) is 1.30. The van der Waals surface area contributed by atoms with E-state index < -0.39 is 0 Å². The van der Waals surface area contributed by atoms with E-state index in [0.29, 0.717) is 0 Å². The molecule has 0 aliphatic carbocycles. The summed E-state index contributed by atoms with van der Waals surface area (Å²) >= 11 is 0. The fraction of sp³-hybridized carbons (Fsp3) is 0. The predicted molar refractivity (Wildman–Crippen MR) is 47.6 cm³/mol. The Bertz CT molecular complexity index is 382. The fourth-order valence-corrected chi connectivity index (χ4v) is 1.08. The Morgan fingerprint density at radius 3 is 1.92 bits per heavy atom. The minimum atomic E-state index is 0.787. The van der Waals surface area contributed by atoms with Crippen LogP contribution in [-0.4, -0.2) is 19.1 Å². The molecule has 0 unspecified atom stereocenters. The van der Waals surface area contributed by atoms with Gasteiger partial charge in [-0.3, -0.25) is 9.13 Å². The van der Waals surface area contributed by atoms with E-state index in [0.717, 1.165) is 5.82 Å². The maximum absolute atomic E-state index is 3.94. The minimum absolute atomic E-state index is 0.787. The van der Waals surface area contributed by atoms with Crippen molar-refractivity contribution in [3.63, 3.8) is 0 Å². The second-order valence-corrected chi connectivity index (χ2v) is 2.44. The van der Waals surface area contributed by atoms with E-state index in [-0.39, 0.29) is 0 Å². The molecule has 2 heterocycles. The van der Waals surface area contributed by atoms with Crippen molar-refractivity contribution in [2.24, 2.45) is 0 Å². The lowest BCUT2D eigenvalue weighted by Gasteiger charge is -2.04. The monoisotopic (exact) mass is 172 g/mol. The van der Waals surface area contributed by atoms with Gasteiger partial charge in [0.1, 0.15) is 12.7 Å². The molecule has 2 aromatic heterocycles. The van der Waals surface area contributed by atoms with E-state index in [2.05, 4.69) is 22.3 Å². The summed E-state index contributed by atoms with van der Waals surface area (Å²) in [7, 11) is 0. The summed E-state index contributed by atoms with van der Waals surface area (Å²) in [4.78, 5) is 7.88. The van der Waals surface area contributed by atoms with Gasteiger partial charge in [-0.2, -0.15) is 0 Å². The lowest BCUT2D eigenvalue weighted by molar-refractivity contribution is 0.757. The van der Waals surface area contributed by atoms with Crippen LogP contribution in [-0.2, 0) is 0 Å². The first-order valence-electron chi connectivity index (χ1n) is 3.78. The number of nitrogens with zero attached hydrogens (tertiary/aromatic N) is 4. The first-order valence-corrected chi connectivity index (χ1v) is 3.78. The van der Waals surface area contributed by atoms with Gasteiger partial charge in [0.15, 0.2) is 5.82 Å². The van der Waals surface area contributed by atoms with Crippen LogP contribution in [0.2, 0.25) is 0 Å². The highest BCUT2D eigenvalue weighted by Crippen LogP contribution is 1.99. The number of rotatable bonds is 2. The van der Waals surface area contributed by atoms with Gasteiger partial charge in [0, 0.05) is 24.8 Å². The van der Waals surface area contributed by atoms with Crippen LogP contribution < -0.4 is 0 Å². The molecule has 0 atom stereocenters. The third-order valence-corrected chi connectivity index (χ3v) is 1.66. The Morgan fingerprint density at radius 1 is 1.08 bits per heavy atom. The maximum atomic E-state index is 3.94. The van der Waals surface area contributed by atoms with Crippen molar-refractivity contribution in [2.75, 3.05) is 0 Å². The normalized spacial score (nSPS) is 9.54. The summed E-state index contributed by atoms with van der Waals surface area (Å²) in [5, 5.41) is 0. The summed E-state index contributed by atoms with van der Waals surface area (Å²) in [6, 6.07) is 0. The Balaban J connectivity index is 2.48. The van der Waals surface area contributed by atoms with Crippen LogP contribution in [0.25, 0.3) is 0 Å². The molecule has 0 aromatic carbocycles. The van der Waals surface area contributed by atoms with E-state index in [9.17, 15) is 0 Å². The zero-order valence-electron chi connectivity index (χ0n) is 6.96. The molecule has 2 rings (SSSR count). The van der Waals surface area contributed by atoms with Crippen LogP contribution in [0.1, 0.15) is 0 Å². The van der Waals surface area contributed by atoms with E-state index in [1.165, 1.54) is 0 Å². The highest BCUT2D eigenvalue weighted by molar-refractivity contribution is 4.98. The fourth-order valence-electron chi connectivity index (χ4n) is 1.08. The SMILES string of the molecule is C=C=C(n1ccnc1)n1ccnc1. The third-order valence-electron chi connectivity index (χ3n) is 1.66. The molecule has 0 aliphatic rings. The number of aromatic nitrogens is 4. The molecule has 0 saturated heterocycles. The quantitative estimate of drug-likeness (QED) is 0.634. The highest BCUT2D eigenvalue weighted by atomic mass is 15.2. The molecular formula is C9H8N4. The largest absolute Gasteiger partial charge is 0.285 e. The van der Waals surface area contributed by atoms with Gasteiger partial charge in [-0.05, 0) is 0 Å². The predicted octanol–water partition coefficient (Wildman–Crippen LogP) is 1.03. The van der Waals surface area contributed by atoms with Gasteiger partial charge in [-0.25, -0.2) is 9.97 Å². The molecule has 0 fully saturated rings. The molecule has 0 aliphatic heterocycles. The molecule has 0 radical (unpaired) electrons. The first-order chi connectivity index (χ1) is 6.42. The standard InChI is InChI=1S/C9H8N4/c1-2-9(12-5-3-10-7-12)13-6-4-11-8-13/h3-8H,1H2. The zero-order valence-corrected chi connectivity index (χ0v) is 6.96.